The minimum Gasteiger partial charge on any atom is -0.478 e. The highest BCUT2D eigenvalue weighted by Crippen LogP contribution is 2.27. The Kier molecular flexibility index (Phi) is 2.87. The standard InChI is InChI=1S/C9H14O3/c1-6(9(11)12)4-7-2-3-8(10)5-7/h4,7-8,10H,2-3,5H2,1H3,(H,11,12). The van der Waals surface area contributed by atoms with Crippen molar-refractivity contribution in [3.05, 3.63) is 11.6 Å². The molecule has 0 aromatic carbocycles. The van der Waals surface area contributed by atoms with Crippen LogP contribution in [0.15, 0.2) is 11.6 Å². The molecule has 1 rings (SSSR count). The van der Waals surface area contributed by atoms with Crippen molar-refractivity contribution in [1.82, 2.24) is 0 Å². The van der Waals surface area contributed by atoms with Crippen LogP contribution in [0.25, 0.3) is 0 Å². The highest BCUT2D eigenvalue weighted by Gasteiger charge is 2.21. The number of aliphatic hydroxyl groups is 1. The summed E-state index contributed by atoms with van der Waals surface area (Å²) in [5, 5.41) is 17.8. The fourth-order valence-corrected chi connectivity index (χ4v) is 1.57. The van der Waals surface area contributed by atoms with E-state index in [0.717, 1.165) is 12.8 Å². The minimum absolute atomic E-state index is 0.229. The molecule has 0 aliphatic heterocycles. The Bertz CT molecular complexity index is 208. The van der Waals surface area contributed by atoms with Crippen molar-refractivity contribution in [2.24, 2.45) is 5.92 Å². The molecule has 1 aliphatic carbocycles. The topological polar surface area (TPSA) is 57.5 Å². The molecule has 0 bridgehead atoms. The molecule has 0 heterocycles. The van der Waals surface area contributed by atoms with Crippen LogP contribution in [0.3, 0.4) is 0 Å². The van der Waals surface area contributed by atoms with Crippen LogP contribution in [-0.2, 0) is 4.79 Å². The second kappa shape index (κ2) is 3.72. The zero-order chi connectivity index (χ0) is 9.14. The highest BCUT2D eigenvalue weighted by atomic mass is 16.4. The summed E-state index contributed by atoms with van der Waals surface area (Å²) in [6, 6.07) is 0. The number of aliphatic carboxylic acids is 1. The number of carbonyl (C=O) groups is 1. The number of hydrogen-bond donors (Lipinski definition) is 2. The van der Waals surface area contributed by atoms with Crippen molar-refractivity contribution in [2.45, 2.75) is 32.3 Å². The fourth-order valence-electron chi connectivity index (χ4n) is 1.57. The van der Waals surface area contributed by atoms with Crippen LogP contribution in [0.5, 0.6) is 0 Å². The van der Waals surface area contributed by atoms with Gasteiger partial charge in [-0.3, -0.25) is 0 Å². The lowest BCUT2D eigenvalue weighted by Gasteiger charge is -2.02. The van der Waals surface area contributed by atoms with Gasteiger partial charge in [-0.2, -0.15) is 0 Å². The lowest BCUT2D eigenvalue weighted by Crippen LogP contribution is -2.01. The minimum atomic E-state index is -0.864. The van der Waals surface area contributed by atoms with Gasteiger partial charge in [0.2, 0.25) is 0 Å². The summed E-state index contributed by atoms with van der Waals surface area (Å²) in [4.78, 5) is 10.4. The number of rotatable bonds is 2. The molecule has 1 aliphatic rings. The second-order valence-corrected chi connectivity index (χ2v) is 3.38. The summed E-state index contributed by atoms with van der Waals surface area (Å²) in [6.07, 6.45) is 3.94. The van der Waals surface area contributed by atoms with Crippen molar-refractivity contribution in [3.63, 3.8) is 0 Å². The summed E-state index contributed by atoms with van der Waals surface area (Å²) in [5.41, 5.74) is 0.383. The molecular weight excluding hydrogens is 156 g/mol. The molecule has 0 spiro atoms. The van der Waals surface area contributed by atoms with E-state index in [9.17, 15) is 9.90 Å². The van der Waals surface area contributed by atoms with Crippen LogP contribution in [0.2, 0.25) is 0 Å². The highest BCUT2D eigenvalue weighted by molar-refractivity contribution is 5.85. The maximum Gasteiger partial charge on any atom is 0.330 e. The Hall–Kier alpha value is -0.830. The first-order valence-electron chi connectivity index (χ1n) is 4.19. The van der Waals surface area contributed by atoms with E-state index in [1.165, 1.54) is 0 Å². The van der Waals surface area contributed by atoms with E-state index >= 15 is 0 Å². The van der Waals surface area contributed by atoms with E-state index < -0.39 is 5.97 Å². The van der Waals surface area contributed by atoms with Crippen LogP contribution in [0.4, 0.5) is 0 Å². The van der Waals surface area contributed by atoms with Crippen LogP contribution in [0.1, 0.15) is 26.2 Å². The van der Waals surface area contributed by atoms with E-state index in [-0.39, 0.29) is 12.0 Å². The normalized spacial score (nSPS) is 30.7. The van der Waals surface area contributed by atoms with Gasteiger partial charge in [0.25, 0.3) is 0 Å². The van der Waals surface area contributed by atoms with Gasteiger partial charge in [-0.1, -0.05) is 6.08 Å². The zero-order valence-electron chi connectivity index (χ0n) is 7.16. The van der Waals surface area contributed by atoms with Crippen molar-refractivity contribution >= 4 is 5.97 Å². The molecule has 1 fully saturated rings. The van der Waals surface area contributed by atoms with E-state index in [4.69, 9.17) is 5.11 Å². The third-order valence-corrected chi connectivity index (χ3v) is 2.27. The first-order valence-corrected chi connectivity index (χ1v) is 4.19. The molecule has 1 saturated carbocycles. The summed E-state index contributed by atoms with van der Waals surface area (Å²) in [5.74, 6) is -0.604. The van der Waals surface area contributed by atoms with Crippen LogP contribution in [-0.4, -0.2) is 22.3 Å². The van der Waals surface area contributed by atoms with E-state index in [0.29, 0.717) is 12.0 Å². The predicted octanol–water partition coefficient (Wildman–Crippen LogP) is 1.18. The van der Waals surface area contributed by atoms with Gasteiger partial charge in [0.15, 0.2) is 0 Å². The molecular formula is C9H14O3. The molecule has 0 radical (unpaired) electrons. The Morgan fingerprint density at radius 2 is 2.17 bits per heavy atom. The Morgan fingerprint density at radius 3 is 2.58 bits per heavy atom. The predicted molar refractivity (Wildman–Crippen MR) is 44.7 cm³/mol. The number of carboxylic acid groups (broad SMARTS) is 1. The van der Waals surface area contributed by atoms with Crippen molar-refractivity contribution < 1.29 is 15.0 Å². The van der Waals surface area contributed by atoms with Crippen LogP contribution < -0.4 is 0 Å². The molecule has 0 saturated heterocycles. The average molecular weight is 170 g/mol. The van der Waals surface area contributed by atoms with Crippen LogP contribution in [0, 0.1) is 5.92 Å². The molecule has 2 unspecified atom stereocenters. The molecule has 12 heavy (non-hydrogen) atoms. The Balaban J connectivity index is 2.50. The van der Waals surface area contributed by atoms with Gasteiger partial charge in [0.05, 0.1) is 6.10 Å². The van der Waals surface area contributed by atoms with Gasteiger partial charge < -0.3 is 10.2 Å². The van der Waals surface area contributed by atoms with Crippen molar-refractivity contribution in [3.8, 4) is 0 Å². The molecule has 0 aromatic heterocycles. The summed E-state index contributed by atoms with van der Waals surface area (Å²) in [7, 11) is 0. The molecule has 0 amide bonds. The molecule has 2 N–H and O–H groups in total. The summed E-state index contributed by atoms with van der Waals surface area (Å²) < 4.78 is 0. The molecule has 2 atom stereocenters. The SMILES string of the molecule is CC(=CC1CCC(O)C1)C(=O)O. The lowest BCUT2D eigenvalue weighted by atomic mass is 10.1. The van der Waals surface area contributed by atoms with Gasteiger partial charge >= 0.3 is 5.97 Å². The smallest absolute Gasteiger partial charge is 0.330 e. The largest absolute Gasteiger partial charge is 0.478 e. The quantitative estimate of drug-likeness (QED) is 0.612. The first kappa shape index (κ1) is 9.26. The van der Waals surface area contributed by atoms with E-state index in [2.05, 4.69) is 0 Å². The number of carboxylic acids is 1. The van der Waals surface area contributed by atoms with Crippen LogP contribution >= 0.6 is 0 Å². The third kappa shape index (κ3) is 2.34. The number of allylic oxidation sites excluding steroid dienone is 1. The van der Waals surface area contributed by atoms with Gasteiger partial charge in [-0.25, -0.2) is 4.79 Å². The van der Waals surface area contributed by atoms with Gasteiger partial charge in [-0.15, -0.1) is 0 Å². The fraction of sp³-hybridized carbons (Fsp3) is 0.667. The maximum absolute atomic E-state index is 10.4. The summed E-state index contributed by atoms with van der Waals surface area (Å²) >= 11 is 0. The Labute approximate surface area is 71.7 Å². The number of aliphatic hydroxyl groups excluding tert-OH is 1. The van der Waals surface area contributed by atoms with Gasteiger partial charge in [0, 0.05) is 5.57 Å². The third-order valence-electron chi connectivity index (χ3n) is 2.27. The second-order valence-electron chi connectivity index (χ2n) is 3.38. The zero-order valence-corrected chi connectivity index (χ0v) is 7.16. The Morgan fingerprint density at radius 1 is 1.50 bits per heavy atom. The van der Waals surface area contributed by atoms with Gasteiger partial charge in [0.1, 0.15) is 0 Å². The van der Waals surface area contributed by atoms with E-state index in [1.807, 2.05) is 0 Å². The van der Waals surface area contributed by atoms with Gasteiger partial charge in [-0.05, 0) is 32.1 Å². The van der Waals surface area contributed by atoms with Crippen molar-refractivity contribution in [2.75, 3.05) is 0 Å². The monoisotopic (exact) mass is 170 g/mol. The molecule has 0 aromatic rings. The maximum atomic E-state index is 10.4. The molecule has 68 valence electrons. The first-order chi connectivity index (χ1) is 5.59. The molecule has 3 nitrogen and oxygen atoms in total. The average Bonchev–Trinajstić information content (AvgIpc) is 2.35. The summed E-state index contributed by atoms with van der Waals surface area (Å²) in [6.45, 7) is 1.59. The van der Waals surface area contributed by atoms with E-state index in [1.54, 1.807) is 13.0 Å². The van der Waals surface area contributed by atoms with Crippen molar-refractivity contribution in [1.29, 1.82) is 0 Å². The molecule has 3 heteroatoms. The number of hydrogen-bond acceptors (Lipinski definition) is 2. The lowest BCUT2D eigenvalue weighted by molar-refractivity contribution is -0.132.